The zero-order chi connectivity index (χ0) is 32.0. The van der Waals surface area contributed by atoms with Crippen LogP contribution in [0.1, 0.15) is 49.4 Å². The van der Waals surface area contributed by atoms with Crippen molar-refractivity contribution in [1.82, 2.24) is 14.9 Å². The average Bonchev–Trinajstić information content (AvgIpc) is 3.06. The SMILES string of the molecule is COc1cc(CCN2CCN(CCCCOc3ccc(F)cc3C3(C)Sc4ccccc4C(C)N3[O-])CC2)cc(OC)c1OC. The number of fused-ring (bicyclic) bond motifs is 1. The lowest BCUT2D eigenvalue weighted by Gasteiger charge is -2.53. The Morgan fingerprint density at radius 1 is 0.867 bits per heavy atom. The molecule has 1 fully saturated rings. The molecule has 3 aromatic rings. The number of hydroxylamine groups is 2. The van der Waals surface area contributed by atoms with E-state index in [0.29, 0.717) is 35.2 Å². The van der Waals surface area contributed by atoms with Crippen molar-refractivity contribution < 1.29 is 23.3 Å². The van der Waals surface area contributed by atoms with E-state index >= 15 is 0 Å². The Labute approximate surface area is 271 Å². The topological polar surface area (TPSA) is 69.7 Å². The second-order valence-corrected chi connectivity index (χ2v) is 13.2. The van der Waals surface area contributed by atoms with Gasteiger partial charge < -0.3 is 39.0 Å². The van der Waals surface area contributed by atoms with Crippen molar-refractivity contribution in [3.63, 3.8) is 0 Å². The molecule has 0 aromatic heterocycles. The lowest BCUT2D eigenvalue weighted by molar-refractivity contribution is 0.130. The number of benzene rings is 3. The van der Waals surface area contributed by atoms with E-state index in [1.807, 2.05) is 50.2 Å². The highest BCUT2D eigenvalue weighted by molar-refractivity contribution is 8.00. The summed E-state index contributed by atoms with van der Waals surface area (Å²) in [5.41, 5.74) is 2.73. The first-order valence-corrected chi connectivity index (χ1v) is 16.5. The van der Waals surface area contributed by atoms with E-state index in [1.54, 1.807) is 27.4 Å². The zero-order valence-corrected chi connectivity index (χ0v) is 27.8. The van der Waals surface area contributed by atoms with Crippen molar-refractivity contribution in [3.8, 4) is 23.0 Å². The van der Waals surface area contributed by atoms with Crippen LogP contribution in [0.15, 0.2) is 59.5 Å². The molecule has 2 heterocycles. The molecule has 0 radical (unpaired) electrons. The molecule has 244 valence electrons. The predicted molar refractivity (Wildman–Crippen MR) is 177 cm³/mol. The van der Waals surface area contributed by atoms with Gasteiger partial charge in [0.25, 0.3) is 0 Å². The fraction of sp³-hybridized carbons (Fsp3) is 0.486. The molecule has 45 heavy (non-hydrogen) atoms. The lowest BCUT2D eigenvalue weighted by atomic mass is 10.0. The fourth-order valence-electron chi connectivity index (χ4n) is 6.26. The minimum Gasteiger partial charge on any atom is -0.784 e. The summed E-state index contributed by atoms with van der Waals surface area (Å²) >= 11 is 1.46. The number of halogens is 1. The highest BCUT2D eigenvalue weighted by Crippen LogP contribution is 2.55. The first kappa shape index (κ1) is 33.3. The van der Waals surface area contributed by atoms with Crippen molar-refractivity contribution >= 4 is 11.8 Å². The number of thioether (sulfide) groups is 1. The first-order chi connectivity index (χ1) is 21.8. The Kier molecular flexibility index (Phi) is 11.1. The van der Waals surface area contributed by atoms with E-state index in [2.05, 4.69) is 9.80 Å². The molecule has 0 N–H and O–H groups in total. The highest BCUT2D eigenvalue weighted by Gasteiger charge is 2.40. The van der Waals surface area contributed by atoms with Crippen LogP contribution in [0, 0.1) is 11.0 Å². The van der Waals surface area contributed by atoms with Crippen LogP contribution in [0.2, 0.25) is 0 Å². The summed E-state index contributed by atoms with van der Waals surface area (Å²) < 4.78 is 37.1. The van der Waals surface area contributed by atoms with Gasteiger partial charge in [-0.15, -0.1) is 0 Å². The molecule has 0 spiro atoms. The van der Waals surface area contributed by atoms with E-state index in [-0.39, 0.29) is 11.9 Å². The number of hydrogen-bond donors (Lipinski definition) is 0. The van der Waals surface area contributed by atoms with Crippen LogP contribution in [-0.4, -0.2) is 82.1 Å². The molecule has 8 nitrogen and oxygen atoms in total. The van der Waals surface area contributed by atoms with Gasteiger partial charge in [0.05, 0.1) is 32.8 Å². The summed E-state index contributed by atoms with van der Waals surface area (Å²) in [5, 5.41) is 14.6. The number of nitrogens with zero attached hydrogens (tertiary/aromatic N) is 3. The van der Waals surface area contributed by atoms with Crippen LogP contribution in [0.4, 0.5) is 4.39 Å². The zero-order valence-electron chi connectivity index (χ0n) is 27.0. The average molecular weight is 639 g/mol. The smallest absolute Gasteiger partial charge is 0.203 e. The van der Waals surface area contributed by atoms with Crippen LogP contribution in [0.3, 0.4) is 0 Å². The van der Waals surface area contributed by atoms with Crippen molar-refractivity contribution in [2.24, 2.45) is 0 Å². The second-order valence-electron chi connectivity index (χ2n) is 11.8. The molecule has 0 saturated carbocycles. The van der Waals surface area contributed by atoms with E-state index in [4.69, 9.17) is 18.9 Å². The predicted octanol–water partition coefficient (Wildman–Crippen LogP) is 6.71. The summed E-state index contributed by atoms with van der Waals surface area (Å²) in [5.74, 6) is 2.19. The van der Waals surface area contributed by atoms with Crippen molar-refractivity contribution in [2.45, 2.75) is 48.9 Å². The Morgan fingerprint density at radius 3 is 2.20 bits per heavy atom. The number of piperazine rings is 1. The number of unbranched alkanes of at least 4 members (excludes halogenated alkanes) is 1. The molecule has 2 unspecified atom stereocenters. The van der Waals surface area contributed by atoms with Crippen LogP contribution < -0.4 is 18.9 Å². The lowest BCUT2D eigenvalue weighted by Crippen LogP contribution is -2.47. The van der Waals surface area contributed by atoms with Crippen LogP contribution in [-0.2, 0) is 11.3 Å². The Balaban J connectivity index is 1.08. The van der Waals surface area contributed by atoms with Gasteiger partial charge in [-0.05, 0) is 87.2 Å². The maximum Gasteiger partial charge on any atom is 0.203 e. The quantitative estimate of drug-likeness (QED) is 0.190. The molecule has 10 heteroatoms. The molecule has 2 atom stereocenters. The van der Waals surface area contributed by atoms with Gasteiger partial charge in [0, 0.05) is 49.2 Å². The Bertz CT molecular complexity index is 1410. The molecule has 0 amide bonds. The highest BCUT2D eigenvalue weighted by atomic mass is 32.2. The minimum absolute atomic E-state index is 0.349. The third-order valence-corrected chi connectivity index (χ3v) is 10.3. The normalized spacial score (nSPS) is 20.9. The van der Waals surface area contributed by atoms with Gasteiger partial charge in [-0.1, -0.05) is 30.0 Å². The maximum absolute atomic E-state index is 14.5. The van der Waals surface area contributed by atoms with Crippen molar-refractivity contribution in [3.05, 3.63) is 82.3 Å². The van der Waals surface area contributed by atoms with Gasteiger partial charge in [0.1, 0.15) is 11.6 Å². The summed E-state index contributed by atoms with van der Waals surface area (Å²) in [7, 11) is 4.91. The third-order valence-electron chi connectivity index (χ3n) is 8.92. The molecule has 0 aliphatic carbocycles. The van der Waals surface area contributed by atoms with Gasteiger partial charge in [0.2, 0.25) is 5.75 Å². The van der Waals surface area contributed by atoms with E-state index in [1.165, 1.54) is 23.9 Å². The molecule has 5 rings (SSSR count). The van der Waals surface area contributed by atoms with Crippen LogP contribution in [0.25, 0.3) is 0 Å². The third kappa shape index (κ3) is 7.52. The number of methoxy groups -OCH3 is 3. The fourth-order valence-corrected chi connectivity index (χ4v) is 7.71. The molecule has 2 aliphatic heterocycles. The van der Waals surface area contributed by atoms with Gasteiger partial charge in [-0.2, -0.15) is 0 Å². The molecule has 3 aromatic carbocycles. The van der Waals surface area contributed by atoms with Gasteiger partial charge in [-0.3, -0.25) is 0 Å². The van der Waals surface area contributed by atoms with Crippen molar-refractivity contribution in [1.29, 1.82) is 0 Å². The molecule has 1 saturated heterocycles. The summed E-state index contributed by atoms with van der Waals surface area (Å²) in [4.78, 5) is 5.04. The van der Waals surface area contributed by atoms with E-state index in [9.17, 15) is 9.60 Å². The minimum atomic E-state index is -1.00. The van der Waals surface area contributed by atoms with Gasteiger partial charge in [0.15, 0.2) is 11.5 Å². The monoisotopic (exact) mass is 638 g/mol. The maximum atomic E-state index is 14.5. The first-order valence-electron chi connectivity index (χ1n) is 15.7. The standard InChI is InChI=1S/C35H45FN3O5S/c1-25-28-10-6-7-11-33(28)45-35(2,39(25)40)29-24-27(36)12-13-30(29)44-21-9-8-15-37-17-19-38(20-18-37)16-14-26-22-31(41-3)34(43-5)32(23-26)42-4/h6-7,10-13,22-25H,8-9,14-21H2,1-5H3/q-1. The number of rotatable bonds is 13. The number of hydrogen-bond acceptors (Lipinski definition) is 9. The van der Waals surface area contributed by atoms with Crippen LogP contribution in [0.5, 0.6) is 23.0 Å². The summed E-state index contributed by atoms with van der Waals surface area (Å²) in [6, 6.07) is 16.2. The second kappa shape index (κ2) is 15.0. The Morgan fingerprint density at radius 2 is 1.53 bits per heavy atom. The van der Waals surface area contributed by atoms with Crippen molar-refractivity contribution in [2.75, 3.05) is 67.2 Å². The molecule has 2 aliphatic rings. The summed E-state index contributed by atoms with van der Waals surface area (Å²) in [6.07, 6.45) is 2.79. The largest absolute Gasteiger partial charge is 0.784 e. The number of ether oxygens (including phenoxy) is 4. The molecule has 0 bridgehead atoms. The summed E-state index contributed by atoms with van der Waals surface area (Å²) in [6.45, 7) is 10.4. The van der Waals surface area contributed by atoms with E-state index < -0.39 is 4.87 Å². The molecular formula is C35H45FN3O5S-. The van der Waals surface area contributed by atoms with E-state index in [0.717, 1.165) is 79.6 Å². The van der Waals surface area contributed by atoms with Crippen LogP contribution >= 0.6 is 11.8 Å². The molecular weight excluding hydrogens is 593 g/mol. The van der Waals surface area contributed by atoms with Gasteiger partial charge in [-0.25, -0.2) is 4.39 Å². The van der Waals surface area contributed by atoms with Gasteiger partial charge >= 0.3 is 0 Å². The Hall–Kier alpha value is -3.02.